The predicted molar refractivity (Wildman–Crippen MR) is 133 cm³/mol. The molecule has 1 amide bonds. The highest BCUT2D eigenvalue weighted by molar-refractivity contribution is 5.88. The molecule has 0 N–H and O–H groups in total. The zero-order chi connectivity index (χ0) is 26.3. The zero-order valence-electron chi connectivity index (χ0n) is 20.8. The lowest BCUT2D eigenvalue weighted by Crippen LogP contribution is -2.32. The lowest BCUT2D eigenvalue weighted by Gasteiger charge is -2.19. The van der Waals surface area contributed by atoms with Crippen LogP contribution in [0.5, 0.6) is 5.75 Å². The molecule has 0 bridgehead atoms. The minimum absolute atomic E-state index is 0.0400. The smallest absolute Gasteiger partial charge is 0.320 e. The molecule has 0 spiro atoms. The second-order valence-electron chi connectivity index (χ2n) is 9.19. The first kappa shape index (κ1) is 24.5. The van der Waals surface area contributed by atoms with Crippen LogP contribution in [0.25, 0.3) is 22.3 Å². The molecule has 0 radical (unpaired) electrons. The van der Waals surface area contributed by atoms with E-state index in [0.717, 1.165) is 23.0 Å². The number of amides is 1. The van der Waals surface area contributed by atoms with Crippen LogP contribution in [0.2, 0.25) is 0 Å². The Balaban J connectivity index is 1.53. The highest BCUT2D eigenvalue weighted by atomic mass is 19.3. The van der Waals surface area contributed by atoms with E-state index in [0.29, 0.717) is 29.0 Å². The van der Waals surface area contributed by atoms with Gasteiger partial charge < -0.3 is 9.64 Å². The topological polar surface area (TPSA) is 91.0 Å². The highest BCUT2D eigenvalue weighted by Gasteiger charge is 2.34. The summed E-state index contributed by atoms with van der Waals surface area (Å²) < 4.78 is 36.3. The van der Waals surface area contributed by atoms with Crippen molar-refractivity contribution >= 4 is 16.9 Å². The van der Waals surface area contributed by atoms with Crippen LogP contribution in [0.1, 0.15) is 50.4 Å². The van der Waals surface area contributed by atoms with Crippen molar-refractivity contribution in [2.24, 2.45) is 0 Å². The molecule has 9 nitrogen and oxygen atoms in total. The third kappa shape index (κ3) is 4.45. The van der Waals surface area contributed by atoms with E-state index in [9.17, 15) is 13.6 Å². The number of imidazole rings is 1. The summed E-state index contributed by atoms with van der Waals surface area (Å²) in [6.07, 6.45) is 4.31. The second-order valence-corrected chi connectivity index (χ2v) is 9.19. The Morgan fingerprint density at radius 2 is 2.08 bits per heavy atom. The Hall–Kier alpha value is -4.15. The maximum Gasteiger partial charge on any atom is 0.320 e. The van der Waals surface area contributed by atoms with Gasteiger partial charge in [-0.3, -0.25) is 14.3 Å². The van der Waals surface area contributed by atoms with Gasteiger partial charge in [0, 0.05) is 24.3 Å². The van der Waals surface area contributed by atoms with Crippen LogP contribution in [0.15, 0.2) is 55.5 Å². The van der Waals surface area contributed by atoms with Crippen LogP contribution in [0.4, 0.5) is 8.78 Å². The Kier molecular flexibility index (Phi) is 6.45. The van der Waals surface area contributed by atoms with Crippen molar-refractivity contribution in [3.8, 4) is 17.0 Å². The van der Waals surface area contributed by atoms with Gasteiger partial charge in [-0.2, -0.15) is 8.78 Å². The molecule has 0 aliphatic carbocycles. The predicted octanol–water partition coefficient (Wildman–Crippen LogP) is 4.88. The first-order chi connectivity index (χ1) is 17.8. The molecule has 1 fully saturated rings. The molecule has 0 unspecified atom stereocenters. The van der Waals surface area contributed by atoms with Crippen molar-refractivity contribution < 1.29 is 18.3 Å². The standard InChI is InChI=1S/C26H27F2N7O2/c1-5-23(36)33-13-19(10-15(33)2)35-16(3)24(31-32-35)18-11-21-25(34(14-30-21)26(27)28)22(12-18)37-17(4)20-8-6-7-9-29-20/h5-9,11-12,14-15,17,19,26H,1,10,13H2,2-4H3/t15-,17+,19+/m0/s1. The van der Waals surface area contributed by atoms with E-state index in [1.165, 1.54) is 6.08 Å². The van der Waals surface area contributed by atoms with E-state index in [1.54, 1.807) is 29.3 Å². The molecule has 3 aromatic heterocycles. The molecule has 37 heavy (non-hydrogen) atoms. The van der Waals surface area contributed by atoms with Crippen LogP contribution in [0.3, 0.4) is 0 Å². The summed E-state index contributed by atoms with van der Waals surface area (Å²) in [6, 6.07) is 8.85. The summed E-state index contributed by atoms with van der Waals surface area (Å²) in [5.74, 6) is 0.131. The number of benzene rings is 1. The van der Waals surface area contributed by atoms with Crippen LogP contribution in [-0.2, 0) is 4.79 Å². The molecule has 1 saturated heterocycles. The van der Waals surface area contributed by atoms with Gasteiger partial charge in [0.05, 0.1) is 22.9 Å². The highest BCUT2D eigenvalue weighted by Crippen LogP contribution is 2.37. The zero-order valence-corrected chi connectivity index (χ0v) is 20.8. The number of rotatable bonds is 7. The van der Waals surface area contributed by atoms with E-state index in [4.69, 9.17) is 4.74 Å². The summed E-state index contributed by atoms with van der Waals surface area (Å²) in [4.78, 5) is 22.5. The van der Waals surface area contributed by atoms with Crippen molar-refractivity contribution in [2.45, 2.75) is 51.9 Å². The van der Waals surface area contributed by atoms with Crippen molar-refractivity contribution in [2.75, 3.05) is 6.54 Å². The number of carbonyl (C=O) groups is 1. The molecule has 3 atom stereocenters. The number of carbonyl (C=O) groups excluding carboxylic acids is 1. The normalized spacial score (nSPS) is 18.5. The monoisotopic (exact) mass is 507 g/mol. The average Bonchev–Trinajstić information content (AvgIpc) is 3.60. The summed E-state index contributed by atoms with van der Waals surface area (Å²) in [7, 11) is 0. The largest absolute Gasteiger partial charge is 0.482 e. The number of aromatic nitrogens is 6. The number of halogens is 2. The van der Waals surface area contributed by atoms with Crippen molar-refractivity contribution in [3.63, 3.8) is 0 Å². The minimum atomic E-state index is -2.78. The van der Waals surface area contributed by atoms with Crippen molar-refractivity contribution in [1.29, 1.82) is 0 Å². The van der Waals surface area contributed by atoms with Crippen LogP contribution < -0.4 is 4.74 Å². The van der Waals surface area contributed by atoms with E-state index in [2.05, 4.69) is 26.9 Å². The minimum Gasteiger partial charge on any atom is -0.482 e. The van der Waals surface area contributed by atoms with Gasteiger partial charge in [0.1, 0.15) is 29.4 Å². The average molecular weight is 508 g/mol. The lowest BCUT2D eigenvalue weighted by molar-refractivity contribution is -0.126. The van der Waals surface area contributed by atoms with Gasteiger partial charge in [-0.15, -0.1) is 5.10 Å². The molecule has 1 aliphatic heterocycles. The number of hydrogen-bond donors (Lipinski definition) is 0. The number of hydrogen-bond acceptors (Lipinski definition) is 6. The van der Waals surface area contributed by atoms with Crippen molar-refractivity contribution in [3.05, 3.63) is 66.9 Å². The number of pyridine rings is 1. The van der Waals surface area contributed by atoms with Crippen LogP contribution in [-0.4, -0.2) is 52.9 Å². The summed E-state index contributed by atoms with van der Waals surface area (Å²) in [5, 5.41) is 8.80. The number of ether oxygens (including phenoxy) is 1. The Bertz CT molecular complexity index is 1450. The molecule has 4 heterocycles. The second kappa shape index (κ2) is 9.72. The first-order valence-electron chi connectivity index (χ1n) is 12.0. The fourth-order valence-corrected chi connectivity index (χ4v) is 4.93. The van der Waals surface area contributed by atoms with E-state index >= 15 is 0 Å². The molecule has 4 aromatic rings. The number of nitrogens with zero attached hydrogens (tertiary/aromatic N) is 7. The number of alkyl halides is 2. The van der Waals surface area contributed by atoms with Gasteiger partial charge in [0.2, 0.25) is 5.91 Å². The van der Waals surface area contributed by atoms with E-state index < -0.39 is 12.7 Å². The molecular formula is C26H27F2N7O2. The molecule has 11 heteroatoms. The fraction of sp³-hybridized carbons (Fsp3) is 0.346. The molecule has 192 valence electrons. The SMILES string of the molecule is C=CC(=O)N1C[C@H](n2nnc(-c3cc(O[C@H](C)c4ccccn4)c4c(c3)ncn4C(F)F)c2C)C[C@@H]1C. The van der Waals surface area contributed by atoms with Gasteiger partial charge in [0.15, 0.2) is 0 Å². The fourth-order valence-electron chi connectivity index (χ4n) is 4.93. The van der Waals surface area contributed by atoms with Gasteiger partial charge in [-0.1, -0.05) is 17.9 Å². The molecule has 1 aliphatic rings. The van der Waals surface area contributed by atoms with Gasteiger partial charge in [0.25, 0.3) is 0 Å². The number of fused-ring (bicyclic) bond motifs is 1. The lowest BCUT2D eigenvalue weighted by atomic mass is 10.1. The summed E-state index contributed by atoms with van der Waals surface area (Å²) in [5.41, 5.74) is 3.23. The number of likely N-dealkylation sites (tertiary alicyclic amines) is 1. The maximum atomic E-state index is 13.8. The van der Waals surface area contributed by atoms with Gasteiger partial charge in [-0.25, -0.2) is 9.67 Å². The maximum absolute atomic E-state index is 13.8. The summed E-state index contributed by atoms with van der Waals surface area (Å²) in [6.45, 7) is 7.01. The Morgan fingerprint density at radius 1 is 1.27 bits per heavy atom. The molecule has 1 aromatic carbocycles. The quantitative estimate of drug-likeness (QED) is 0.331. The van der Waals surface area contributed by atoms with Crippen LogP contribution >= 0.6 is 0 Å². The van der Waals surface area contributed by atoms with Crippen LogP contribution in [0, 0.1) is 6.92 Å². The summed E-state index contributed by atoms with van der Waals surface area (Å²) >= 11 is 0. The Morgan fingerprint density at radius 3 is 2.78 bits per heavy atom. The molecule has 5 rings (SSSR count). The molecular weight excluding hydrogens is 480 g/mol. The third-order valence-electron chi connectivity index (χ3n) is 6.81. The molecule has 0 saturated carbocycles. The van der Waals surface area contributed by atoms with Crippen molar-refractivity contribution in [1.82, 2.24) is 34.4 Å². The Labute approximate surface area is 212 Å². The van der Waals surface area contributed by atoms with E-state index in [1.807, 2.05) is 37.6 Å². The van der Waals surface area contributed by atoms with E-state index in [-0.39, 0.29) is 29.3 Å². The van der Waals surface area contributed by atoms with Gasteiger partial charge in [-0.05, 0) is 57.5 Å². The van der Waals surface area contributed by atoms with Gasteiger partial charge >= 0.3 is 6.55 Å². The first-order valence-corrected chi connectivity index (χ1v) is 12.0. The third-order valence-corrected chi connectivity index (χ3v) is 6.81.